The first-order chi connectivity index (χ1) is 11.7. The van der Waals surface area contributed by atoms with Crippen molar-refractivity contribution >= 4 is 11.4 Å². The minimum absolute atomic E-state index is 0.0285. The molecule has 3 rings (SSSR count). The number of nitro benzene ring substituents is 1. The zero-order chi connectivity index (χ0) is 16.9. The molecule has 0 atom stereocenters. The second-order valence-electron chi connectivity index (χ2n) is 4.98. The van der Waals surface area contributed by atoms with E-state index in [-0.39, 0.29) is 5.69 Å². The van der Waals surface area contributed by atoms with Crippen LogP contribution in [0, 0.1) is 21.4 Å². The van der Waals surface area contributed by atoms with Crippen molar-refractivity contribution in [1.82, 2.24) is 14.9 Å². The van der Waals surface area contributed by atoms with E-state index in [1.54, 1.807) is 41.6 Å². The molecule has 2 aromatic carbocycles. The average Bonchev–Trinajstić information content (AvgIpc) is 3.14. The highest BCUT2D eigenvalue weighted by molar-refractivity contribution is 5.51. The standard InChI is InChI=1S/C16H12N6O2/c17-9-13-1-3-14(4-2-13)10-21(20-11-18-19-12-20)15-5-7-16(8-6-15)22(23)24/h1-8,11-12H,10H2. The summed E-state index contributed by atoms with van der Waals surface area (Å²) in [7, 11) is 0. The maximum absolute atomic E-state index is 10.8. The Labute approximate surface area is 137 Å². The smallest absolute Gasteiger partial charge is 0.269 e. The van der Waals surface area contributed by atoms with Crippen LogP contribution in [0.15, 0.2) is 61.2 Å². The molecule has 0 aliphatic carbocycles. The van der Waals surface area contributed by atoms with Crippen molar-refractivity contribution in [3.63, 3.8) is 0 Å². The first kappa shape index (κ1) is 15.2. The molecular weight excluding hydrogens is 308 g/mol. The van der Waals surface area contributed by atoms with Crippen LogP contribution in [-0.2, 0) is 6.54 Å². The Balaban J connectivity index is 1.91. The van der Waals surface area contributed by atoms with Gasteiger partial charge in [0, 0.05) is 12.1 Å². The number of hydrogen-bond donors (Lipinski definition) is 0. The number of nitriles is 1. The second kappa shape index (κ2) is 6.58. The van der Waals surface area contributed by atoms with E-state index in [1.807, 2.05) is 17.1 Å². The van der Waals surface area contributed by atoms with Crippen molar-refractivity contribution in [1.29, 1.82) is 5.26 Å². The summed E-state index contributed by atoms with van der Waals surface area (Å²) in [5.41, 5.74) is 2.34. The summed E-state index contributed by atoms with van der Waals surface area (Å²) in [5.74, 6) is 0. The molecule has 3 aromatic rings. The number of hydrogen-bond acceptors (Lipinski definition) is 6. The van der Waals surface area contributed by atoms with Gasteiger partial charge in [-0.2, -0.15) is 5.26 Å². The first-order valence-corrected chi connectivity index (χ1v) is 7.03. The third-order valence-electron chi connectivity index (χ3n) is 3.46. The minimum atomic E-state index is -0.437. The molecule has 0 saturated carbocycles. The van der Waals surface area contributed by atoms with Gasteiger partial charge in [-0.1, -0.05) is 12.1 Å². The fourth-order valence-corrected chi connectivity index (χ4v) is 2.23. The van der Waals surface area contributed by atoms with Gasteiger partial charge in [0.05, 0.1) is 28.8 Å². The summed E-state index contributed by atoms with van der Waals surface area (Å²) >= 11 is 0. The molecule has 8 heteroatoms. The van der Waals surface area contributed by atoms with Crippen molar-refractivity contribution in [2.24, 2.45) is 0 Å². The van der Waals surface area contributed by atoms with E-state index < -0.39 is 4.92 Å². The summed E-state index contributed by atoms with van der Waals surface area (Å²) in [6, 6.07) is 15.5. The van der Waals surface area contributed by atoms with Gasteiger partial charge in [0.1, 0.15) is 12.7 Å². The van der Waals surface area contributed by atoms with Gasteiger partial charge in [-0.3, -0.25) is 15.1 Å². The molecule has 1 heterocycles. The Morgan fingerprint density at radius 3 is 2.25 bits per heavy atom. The summed E-state index contributed by atoms with van der Waals surface area (Å²) < 4.78 is 1.69. The van der Waals surface area contributed by atoms with Crippen molar-refractivity contribution in [3.05, 3.63) is 82.4 Å². The highest BCUT2D eigenvalue weighted by Crippen LogP contribution is 2.22. The lowest BCUT2D eigenvalue weighted by Crippen LogP contribution is -2.27. The number of non-ortho nitro benzene ring substituents is 1. The van der Waals surface area contributed by atoms with E-state index in [9.17, 15) is 10.1 Å². The van der Waals surface area contributed by atoms with Crippen LogP contribution in [0.4, 0.5) is 11.4 Å². The van der Waals surface area contributed by atoms with E-state index in [0.29, 0.717) is 12.1 Å². The van der Waals surface area contributed by atoms with Crippen LogP contribution in [0.2, 0.25) is 0 Å². The number of rotatable bonds is 5. The van der Waals surface area contributed by atoms with Crippen LogP contribution in [0.3, 0.4) is 0 Å². The monoisotopic (exact) mass is 320 g/mol. The van der Waals surface area contributed by atoms with Gasteiger partial charge in [0.25, 0.3) is 5.69 Å². The molecule has 0 unspecified atom stereocenters. The summed E-state index contributed by atoms with van der Waals surface area (Å²) in [4.78, 5) is 10.4. The quantitative estimate of drug-likeness (QED) is 0.529. The third kappa shape index (κ3) is 3.20. The fourth-order valence-electron chi connectivity index (χ4n) is 2.23. The first-order valence-electron chi connectivity index (χ1n) is 7.03. The van der Waals surface area contributed by atoms with E-state index in [2.05, 4.69) is 16.3 Å². The molecule has 0 N–H and O–H groups in total. The van der Waals surface area contributed by atoms with Crippen LogP contribution < -0.4 is 5.01 Å². The van der Waals surface area contributed by atoms with E-state index in [4.69, 9.17) is 5.26 Å². The predicted octanol–water partition coefficient (Wildman–Crippen LogP) is 2.53. The predicted molar refractivity (Wildman–Crippen MR) is 85.9 cm³/mol. The van der Waals surface area contributed by atoms with Crippen LogP contribution in [0.1, 0.15) is 11.1 Å². The SMILES string of the molecule is N#Cc1ccc(CN(c2ccc([N+](=O)[O-])cc2)n2cnnc2)cc1. The number of nitro groups is 1. The maximum Gasteiger partial charge on any atom is 0.269 e. The molecule has 24 heavy (non-hydrogen) atoms. The molecule has 8 nitrogen and oxygen atoms in total. The van der Waals surface area contributed by atoms with Gasteiger partial charge in [0.2, 0.25) is 0 Å². The van der Waals surface area contributed by atoms with Crippen molar-refractivity contribution in [2.75, 3.05) is 5.01 Å². The van der Waals surface area contributed by atoms with Crippen LogP contribution in [0.5, 0.6) is 0 Å². The molecule has 0 aliphatic heterocycles. The number of aromatic nitrogens is 3. The molecule has 0 spiro atoms. The van der Waals surface area contributed by atoms with Gasteiger partial charge in [-0.05, 0) is 29.8 Å². The minimum Gasteiger partial charge on any atom is -0.274 e. The lowest BCUT2D eigenvalue weighted by Gasteiger charge is -2.24. The molecule has 0 saturated heterocycles. The number of nitrogens with zero attached hydrogens (tertiary/aromatic N) is 6. The van der Waals surface area contributed by atoms with Crippen LogP contribution >= 0.6 is 0 Å². The van der Waals surface area contributed by atoms with Gasteiger partial charge >= 0.3 is 0 Å². The summed E-state index contributed by atoms with van der Waals surface area (Å²) in [5, 5.41) is 29.1. The topological polar surface area (TPSA) is 101 Å². The Morgan fingerprint density at radius 1 is 1.08 bits per heavy atom. The highest BCUT2D eigenvalue weighted by Gasteiger charge is 2.12. The molecule has 0 radical (unpaired) electrons. The molecule has 0 aliphatic rings. The van der Waals surface area contributed by atoms with Crippen molar-refractivity contribution in [3.8, 4) is 6.07 Å². The van der Waals surface area contributed by atoms with Gasteiger partial charge in [-0.25, -0.2) is 4.68 Å². The van der Waals surface area contributed by atoms with Gasteiger partial charge in [0.15, 0.2) is 0 Å². The third-order valence-corrected chi connectivity index (χ3v) is 3.46. The Morgan fingerprint density at radius 2 is 1.71 bits per heavy atom. The molecular formula is C16H12N6O2. The van der Waals surface area contributed by atoms with Gasteiger partial charge < -0.3 is 0 Å². The molecule has 118 valence electrons. The van der Waals surface area contributed by atoms with Crippen molar-refractivity contribution < 1.29 is 4.92 Å². The lowest BCUT2D eigenvalue weighted by atomic mass is 10.1. The largest absolute Gasteiger partial charge is 0.274 e. The van der Waals surface area contributed by atoms with Crippen LogP contribution in [-0.4, -0.2) is 19.8 Å². The molecule has 0 amide bonds. The zero-order valence-corrected chi connectivity index (χ0v) is 12.5. The van der Waals surface area contributed by atoms with E-state index in [0.717, 1.165) is 11.3 Å². The second-order valence-corrected chi connectivity index (χ2v) is 4.98. The van der Waals surface area contributed by atoms with Crippen LogP contribution in [0.25, 0.3) is 0 Å². The summed E-state index contributed by atoms with van der Waals surface area (Å²) in [6.07, 6.45) is 3.09. The average molecular weight is 320 g/mol. The number of benzene rings is 2. The Hall–Kier alpha value is -3.73. The normalized spacial score (nSPS) is 10.1. The van der Waals surface area contributed by atoms with E-state index in [1.165, 1.54) is 12.1 Å². The Bertz CT molecular complexity index is 866. The lowest BCUT2D eigenvalue weighted by molar-refractivity contribution is -0.384. The Kier molecular flexibility index (Phi) is 4.16. The van der Waals surface area contributed by atoms with Crippen molar-refractivity contribution in [2.45, 2.75) is 6.54 Å². The number of anilines is 1. The van der Waals surface area contributed by atoms with E-state index >= 15 is 0 Å². The van der Waals surface area contributed by atoms with Gasteiger partial charge in [-0.15, -0.1) is 10.2 Å². The molecule has 0 bridgehead atoms. The summed E-state index contributed by atoms with van der Waals surface area (Å²) in [6.45, 7) is 0.488. The molecule has 0 fully saturated rings. The molecule has 1 aromatic heterocycles. The fraction of sp³-hybridized carbons (Fsp3) is 0.0625. The highest BCUT2D eigenvalue weighted by atomic mass is 16.6. The maximum atomic E-state index is 10.8. The zero-order valence-electron chi connectivity index (χ0n) is 12.5.